The van der Waals surface area contributed by atoms with E-state index in [4.69, 9.17) is 0 Å². The second kappa shape index (κ2) is 7.71. The first-order valence-corrected chi connectivity index (χ1v) is 11.8. The largest absolute Gasteiger partial charge is 0.302 e. The number of thiazole rings is 1. The molecule has 0 radical (unpaired) electrons. The monoisotopic (exact) mass is 451 g/mol. The molecule has 3 aromatic heterocycles. The van der Waals surface area contributed by atoms with Gasteiger partial charge < -0.3 is 5.32 Å². The van der Waals surface area contributed by atoms with Gasteiger partial charge in [0.05, 0.1) is 15.1 Å². The number of nitrogens with one attached hydrogen (secondary N) is 2. The van der Waals surface area contributed by atoms with Crippen molar-refractivity contribution in [2.24, 2.45) is 5.92 Å². The highest BCUT2D eigenvalue weighted by Crippen LogP contribution is 2.48. The molecule has 0 saturated heterocycles. The molecule has 1 aliphatic carbocycles. The highest BCUT2D eigenvalue weighted by Gasteiger charge is 2.44. The predicted octanol–water partition coefficient (Wildman–Crippen LogP) is 3.63. The van der Waals surface area contributed by atoms with Gasteiger partial charge in [0.1, 0.15) is 5.82 Å². The third-order valence-electron chi connectivity index (χ3n) is 5.07. The van der Waals surface area contributed by atoms with Crippen molar-refractivity contribution in [1.29, 1.82) is 0 Å². The first-order chi connectivity index (χ1) is 15.0. The normalized spacial score (nSPS) is 17.9. The fraction of sp³-hybridized carbons (Fsp3) is 0.143. The van der Waals surface area contributed by atoms with Gasteiger partial charge in [0, 0.05) is 24.5 Å². The van der Waals surface area contributed by atoms with Gasteiger partial charge in [-0.25, -0.2) is 18.4 Å². The minimum absolute atomic E-state index is 0.0662. The number of sulfonamides is 1. The van der Waals surface area contributed by atoms with E-state index in [-0.39, 0.29) is 28.5 Å². The van der Waals surface area contributed by atoms with E-state index < -0.39 is 10.0 Å². The molecule has 3 heterocycles. The highest BCUT2D eigenvalue weighted by molar-refractivity contribution is 7.92. The summed E-state index contributed by atoms with van der Waals surface area (Å²) < 4.78 is 28.4. The van der Waals surface area contributed by atoms with Crippen LogP contribution >= 0.6 is 11.3 Å². The summed E-state index contributed by atoms with van der Waals surface area (Å²) in [5.74, 6) is 0.0949. The van der Waals surface area contributed by atoms with Crippen LogP contribution in [0.2, 0.25) is 0 Å². The molecular weight excluding hydrogens is 434 g/mol. The van der Waals surface area contributed by atoms with Gasteiger partial charge in [-0.1, -0.05) is 29.5 Å². The number of aromatic nitrogens is 3. The van der Waals surface area contributed by atoms with Crippen molar-refractivity contribution in [1.82, 2.24) is 15.0 Å². The van der Waals surface area contributed by atoms with Crippen LogP contribution in [0.25, 0.3) is 10.2 Å². The summed E-state index contributed by atoms with van der Waals surface area (Å²) in [7, 11) is -3.72. The lowest BCUT2D eigenvalue weighted by atomic mass is 10.1. The molecule has 2 N–H and O–H groups in total. The zero-order valence-electron chi connectivity index (χ0n) is 16.1. The number of pyridine rings is 2. The Balaban J connectivity index is 1.24. The maximum absolute atomic E-state index is 12.6. The van der Waals surface area contributed by atoms with Crippen LogP contribution in [0.1, 0.15) is 17.9 Å². The quantitative estimate of drug-likeness (QED) is 0.463. The molecule has 0 bridgehead atoms. The number of anilines is 2. The molecule has 0 aliphatic heterocycles. The van der Waals surface area contributed by atoms with Gasteiger partial charge in [-0.3, -0.25) is 14.5 Å². The Kier molecular flexibility index (Phi) is 4.87. The standard InChI is InChI=1S/C21H17N5O3S2/c27-20(25-21-24-17-8-10-22-12-18(17)30-21)16-11-15(16)13-4-6-14(7-5-13)31(28,29)26-19-3-1-2-9-23-19/h1-10,12,15-16H,11H2,(H,23,26)(H,24,25,27)/t15-,16+/m0/s1. The van der Waals surface area contributed by atoms with Crippen molar-refractivity contribution in [3.05, 3.63) is 72.7 Å². The summed E-state index contributed by atoms with van der Waals surface area (Å²) in [6.45, 7) is 0. The Bertz CT molecular complexity index is 1320. The van der Waals surface area contributed by atoms with Crippen molar-refractivity contribution in [3.63, 3.8) is 0 Å². The van der Waals surface area contributed by atoms with Crippen molar-refractivity contribution >= 4 is 48.4 Å². The van der Waals surface area contributed by atoms with Gasteiger partial charge in [0.15, 0.2) is 5.13 Å². The van der Waals surface area contributed by atoms with Crippen LogP contribution in [0.5, 0.6) is 0 Å². The molecular formula is C21H17N5O3S2. The SMILES string of the molecule is O=C(Nc1nc2ccncc2s1)[C@@H]1C[C@H]1c1ccc(S(=O)(=O)Nc2ccccn2)cc1. The smallest absolute Gasteiger partial charge is 0.263 e. The Hall–Kier alpha value is -3.37. The summed E-state index contributed by atoms with van der Waals surface area (Å²) >= 11 is 1.39. The molecule has 2 atom stereocenters. The maximum Gasteiger partial charge on any atom is 0.263 e. The van der Waals surface area contributed by atoms with E-state index in [1.807, 2.05) is 0 Å². The number of nitrogens with zero attached hydrogens (tertiary/aromatic N) is 3. The van der Waals surface area contributed by atoms with Crippen molar-refractivity contribution in [2.45, 2.75) is 17.2 Å². The first kappa shape index (κ1) is 19.6. The molecule has 1 amide bonds. The number of benzene rings is 1. The summed E-state index contributed by atoms with van der Waals surface area (Å²) in [6, 6.07) is 13.4. The molecule has 1 saturated carbocycles. The van der Waals surface area contributed by atoms with E-state index >= 15 is 0 Å². The third-order valence-corrected chi connectivity index (χ3v) is 7.36. The van der Waals surface area contributed by atoms with Crippen LogP contribution in [0, 0.1) is 5.92 Å². The van der Waals surface area contributed by atoms with Crippen LogP contribution in [0.3, 0.4) is 0 Å². The van der Waals surface area contributed by atoms with E-state index in [2.05, 4.69) is 25.0 Å². The number of carbonyl (C=O) groups excluding carboxylic acids is 1. The molecule has 0 spiro atoms. The van der Waals surface area contributed by atoms with Crippen LogP contribution in [-0.4, -0.2) is 29.3 Å². The van der Waals surface area contributed by atoms with Crippen LogP contribution in [0.15, 0.2) is 72.0 Å². The number of fused-ring (bicyclic) bond motifs is 1. The lowest BCUT2D eigenvalue weighted by molar-refractivity contribution is -0.117. The number of hydrogen-bond acceptors (Lipinski definition) is 7. The molecule has 4 aromatic rings. The van der Waals surface area contributed by atoms with Gasteiger partial charge in [-0.2, -0.15) is 0 Å². The zero-order valence-corrected chi connectivity index (χ0v) is 17.7. The Morgan fingerprint density at radius 3 is 2.65 bits per heavy atom. The molecule has 31 heavy (non-hydrogen) atoms. The van der Waals surface area contributed by atoms with E-state index in [1.54, 1.807) is 60.9 Å². The number of amides is 1. The lowest BCUT2D eigenvalue weighted by Gasteiger charge is -2.08. The minimum Gasteiger partial charge on any atom is -0.302 e. The third kappa shape index (κ3) is 4.12. The van der Waals surface area contributed by atoms with Gasteiger partial charge >= 0.3 is 0 Å². The molecule has 156 valence electrons. The summed E-state index contributed by atoms with van der Waals surface area (Å²) in [5.41, 5.74) is 1.74. The van der Waals surface area contributed by atoms with E-state index in [0.29, 0.717) is 5.13 Å². The number of rotatable bonds is 6. The van der Waals surface area contributed by atoms with Gasteiger partial charge in [-0.15, -0.1) is 0 Å². The molecule has 1 fully saturated rings. The average molecular weight is 452 g/mol. The second-order valence-electron chi connectivity index (χ2n) is 7.19. The van der Waals surface area contributed by atoms with Gasteiger partial charge in [0.2, 0.25) is 5.91 Å². The summed E-state index contributed by atoms with van der Waals surface area (Å²) in [5, 5.41) is 3.44. The van der Waals surface area contributed by atoms with Crippen molar-refractivity contribution in [2.75, 3.05) is 10.0 Å². The molecule has 0 unspecified atom stereocenters. The number of hydrogen-bond donors (Lipinski definition) is 2. The Morgan fingerprint density at radius 2 is 1.90 bits per heavy atom. The van der Waals surface area contributed by atoms with E-state index in [0.717, 1.165) is 22.2 Å². The maximum atomic E-state index is 12.6. The van der Waals surface area contributed by atoms with E-state index in [9.17, 15) is 13.2 Å². The van der Waals surface area contributed by atoms with Crippen LogP contribution in [0.4, 0.5) is 10.9 Å². The van der Waals surface area contributed by atoms with Crippen LogP contribution < -0.4 is 10.0 Å². The lowest BCUT2D eigenvalue weighted by Crippen LogP contribution is -2.14. The topological polar surface area (TPSA) is 114 Å². The van der Waals surface area contributed by atoms with Crippen LogP contribution in [-0.2, 0) is 14.8 Å². The van der Waals surface area contributed by atoms with Crippen molar-refractivity contribution in [3.8, 4) is 0 Å². The Labute approximate surface area is 182 Å². The highest BCUT2D eigenvalue weighted by atomic mass is 32.2. The van der Waals surface area contributed by atoms with Crippen molar-refractivity contribution < 1.29 is 13.2 Å². The minimum atomic E-state index is -3.72. The number of carbonyl (C=O) groups is 1. The fourth-order valence-corrected chi connectivity index (χ4v) is 5.24. The second-order valence-corrected chi connectivity index (χ2v) is 9.90. The van der Waals surface area contributed by atoms with Gasteiger partial charge in [-0.05, 0) is 48.2 Å². The molecule has 1 aliphatic rings. The molecule has 8 nitrogen and oxygen atoms in total. The Morgan fingerprint density at radius 1 is 1.06 bits per heavy atom. The molecule has 10 heteroatoms. The summed E-state index contributed by atoms with van der Waals surface area (Å²) in [6.07, 6.45) is 5.63. The van der Waals surface area contributed by atoms with Gasteiger partial charge in [0.25, 0.3) is 10.0 Å². The molecule has 1 aromatic carbocycles. The predicted molar refractivity (Wildman–Crippen MR) is 118 cm³/mol. The zero-order chi connectivity index (χ0) is 21.4. The fourth-order valence-electron chi connectivity index (χ4n) is 3.40. The first-order valence-electron chi connectivity index (χ1n) is 9.55. The summed E-state index contributed by atoms with van der Waals surface area (Å²) in [4.78, 5) is 25.2. The molecule has 5 rings (SSSR count). The average Bonchev–Trinajstić information content (AvgIpc) is 3.47. The van der Waals surface area contributed by atoms with E-state index in [1.165, 1.54) is 17.5 Å².